The highest BCUT2D eigenvalue weighted by Crippen LogP contribution is 2.35. The monoisotopic (exact) mass is 414 g/mol. The first-order valence-electron chi connectivity index (χ1n) is 8.21. The quantitative estimate of drug-likeness (QED) is 0.382. The largest absolute Gasteiger partial charge is 0.489 e. The van der Waals surface area contributed by atoms with Crippen molar-refractivity contribution in [1.82, 2.24) is 0 Å². The molecule has 0 aromatic heterocycles. The van der Waals surface area contributed by atoms with E-state index in [1.54, 1.807) is 0 Å². The van der Waals surface area contributed by atoms with Crippen molar-refractivity contribution in [3.63, 3.8) is 0 Å². The Balaban J connectivity index is 2.06. The van der Waals surface area contributed by atoms with Gasteiger partial charge in [-0.1, -0.05) is 0 Å². The van der Waals surface area contributed by atoms with Crippen molar-refractivity contribution in [2.75, 3.05) is 32.2 Å². The molecule has 0 aliphatic heterocycles. The molecular weight excluding hydrogens is 397 g/mol. The summed E-state index contributed by atoms with van der Waals surface area (Å²) in [5.74, 6) is -0.510. The van der Waals surface area contributed by atoms with Crippen molar-refractivity contribution in [2.24, 2.45) is 0 Å². The number of nitro groups is 1. The Morgan fingerprint density at radius 3 is 2.38 bits per heavy atom. The Hall–Kier alpha value is -3.34. The lowest BCUT2D eigenvalue weighted by molar-refractivity contribution is -0.384. The van der Waals surface area contributed by atoms with E-state index in [4.69, 9.17) is 14.2 Å². The predicted octanol–water partition coefficient (Wildman–Crippen LogP) is 3.66. The van der Waals surface area contributed by atoms with Crippen LogP contribution in [-0.2, 0) is 15.7 Å². The van der Waals surface area contributed by atoms with E-state index in [9.17, 15) is 28.1 Å². The Kier molecular flexibility index (Phi) is 7.37. The smallest absolute Gasteiger partial charge is 0.416 e. The number of amides is 1. The van der Waals surface area contributed by atoms with Crippen LogP contribution < -0.4 is 14.8 Å². The molecule has 0 atom stereocenters. The number of nitro benzene ring substituents is 1. The zero-order valence-corrected chi connectivity index (χ0v) is 15.2. The molecular formula is C18H17F3N2O6. The lowest BCUT2D eigenvalue weighted by Crippen LogP contribution is -2.21. The van der Waals surface area contributed by atoms with Gasteiger partial charge in [-0.2, -0.15) is 13.2 Å². The summed E-state index contributed by atoms with van der Waals surface area (Å²) in [5.41, 5.74) is -1.28. The third kappa shape index (κ3) is 6.64. The molecule has 11 heteroatoms. The lowest BCUT2D eigenvalue weighted by atomic mass is 10.1. The van der Waals surface area contributed by atoms with Crippen molar-refractivity contribution in [3.8, 4) is 11.5 Å². The molecule has 0 spiro atoms. The first kappa shape index (κ1) is 22.0. The maximum atomic E-state index is 13.0. The summed E-state index contributed by atoms with van der Waals surface area (Å²) in [4.78, 5) is 22.1. The molecule has 0 saturated carbocycles. The molecule has 2 rings (SSSR count). The number of hydrogen-bond donors (Lipinski definition) is 1. The molecule has 2 aromatic rings. The second kappa shape index (κ2) is 9.73. The van der Waals surface area contributed by atoms with Crippen molar-refractivity contribution in [1.29, 1.82) is 0 Å². The van der Waals surface area contributed by atoms with E-state index in [1.165, 1.54) is 31.4 Å². The molecule has 8 nitrogen and oxygen atoms in total. The average molecular weight is 414 g/mol. The maximum Gasteiger partial charge on any atom is 0.416 e. The van der Waals surface area contributed by atoms with Crippen LogP contribution in [0.15, 0.2) is 42.5 Å². The van der Waals surface area contributed by atoms with Gasteiger partial charge in [0, 0.05) is 19.2 Å². The van der Waals surface area contributed by atoms with E-state index < -0.39 is 29.2 Å². The fourth-order valence-corrected chi connectivity index (χ4v) is 2.16. The molecule has 1 amide bonds. The van der Waals surface area contributed by atoms with Crippen molar-refractivity contribution >= 4 is 17.3 Å². The number of carbonyl (C=O) groups is 1. The van der Waals surface area contributed by atoms with Gasteiger partial charge in [0.15, 0.2) is 6.61 Å². The van der Waals surface area contributed by atoms with Gasteiger partial charge in [0.05, 0.1) is 22.8 Å². The minimum absolute atomic E-state index is 0.0405. The number of anilines is 1. The summed E-state index contributed by atoms with van der Waals surface area (Å²) in [7, 11) is 1.44. The van der Waals surface area contributed by atoms with E-state index in [0.29, 0.717) is 0 Å². The zero-order chi connectivity index (χ0) is 21.4. The van der Waals surface area contributed by atoms with E-state index in [1.807, 2.05) is 0 Å². The molecule has 0 saturated heterocycles. The topological polar surface area (TPSA) is 99.9 Å². The molecule has 0 aliphatic rings. The molecule has 0 bridgehead atoms. The SMILES string of the molecule is COCCOc1ccc(C(F)(F)F)cc1NC(=O)COc1ccc([N+](=O)[O-])cc1. The highest BCUT2D eigenvalue weighted by atomic mass is 19.4. The normalized spacial score (nSPS) is 11.0. The summed E-state index contributed by atoms with van der Waals surface area (Å²) in [6.07, 6.45) is -4.60. The van der Waals surface area contributed by atoms with Crippen LogP contribution in [0, 0.1) is 10.1 Å². The van der Waals surface area contributed by atoms with Gasteiger partial charge in [-0.3, -0.25) is 14.9 Å². The summed E-state index contributed by atoms with van der Waals surface area (Å²) < 4.78 is 54.2. The minimum Gasteiger partial charge on any atom is -0.489 e. The Morgan fingerprint density at radius 2 is 1.79 bits per heavy atom. The van der Waals surface area contributed by atoms with Crippen LogP contribution in [0.3, 0.4) is 0 Å². The summed E-state index contributed by atoms with van der Waals surface area (Å²) in [6.45, 7) is -0.243. The van der Waals surface area contributed by atoms with Gasteiger partial charge < -0.3 is 19.5 Å². The number of nitrogens with zero attached hydrogens (tertiary/aromatic N) is 1. The zero-order valence-electron chi connectivity index (χ0n) is 15.2. The first-order chi connectivity index (χ1) is 13.7. The second-order valence-corrected chi connectivity index (χ2v) is 5.64. The minimum atomic E-state index is -4.60. The van der Waals surface area contributed by atoms with Crippen LogP contribution in [-0.4, -0.2) is 37.8 Å². The highest BCUT2D eigenvalue weighted by Gasteiger charge is 2.31. The number of ether oxygens (including phenoxy) is 3. The molecule has 2 aromatic carbocycles. The third-order valence-electron chi connectivity index (χ3n) is 3.54. The van der Waals surface area contributed by atoms with Gasteiger partial charge in [-0.25, -0.2) is 0 Å². The fraction of sp³-hybridized carbons (Fsp3) is 0.278. The molecule has 0 radical (unpaired) electrons. The van der Waals surface area contributed by atoms with Gasteiger partial charge in [-0.05, 0) is 30.3 Å². The van der Waals surface area contributed by atoms with E-state index >= 15 is 0 Å². The average Bonchev–Trinajstić information content (AvgIpc) is 2.67. The van der Waals surface area contributed by atoms with Crippen LogP contribution >= 0.6 is 0 Å². The van der Waals surface area contributed by atoms with Crippen LogP contribution in [0.4, 0.5) is 24.5 Å². The van der Waals surface area contributed by atoms with Crippen LogP contribution in [0.1, 0.15) is 5.56 Å². The van der Waals surface area contributed by atoms with E-state index in [-0.39, 0.29) is 36.1 Å². The van der Waals surface area contributed by atoms with Gasteiger partial charge in [0.25, 0.3) is 11.6 Å². The lowest BCUT2D eigenvalue weighted by Gasteiger charge is -2.15. The summed E-state index contributed by atoms with van der Waals surface area (Å²) in [6, 6.07) is 7.69. The molecule has 29 heavy (non-hydrogen) atoms. The van der Waals surface area contributed by atoms with Gasteiger partial charge in [-0.15, -0.1) is 0 Å². The number of halogens is 3. The van der Waals surface area contributed by atoms with E-state index in [0.717, 1.165) is 18.2 Å². The maximum absolute atomic E-state index is 13.0. The van der Waals surface area contributed by atoms with E-state index in [2.05, 4.69) is 5.32 Å². The molecule has 0 aliphatic carbocycles. The summed E-state index contributed by atoms with van der Waals surface area (Å²) >= 11 is 0. The molecule has 0 unspecified atom stereocenters. The number of hydrogen-bond acceptors (Lipinski definition) is 6. The van der Waals surface area contributed by atoms with Gasteiger partial charge >= 0.3 is 6.18 Å². The Bertz CT molecular complexity index is 856. The third-order valence-corrected chi connectivity index (χ3v) is 3.54. The van der Waals surface area contributed by atoms with Gasteiger partial charge in [0.2, 0.25) is 0 Å². The van der Waals surface area contributed by atoms with Crippen molar-refractivity contribution in [2.45, 2.75) is 6.18 Å². The number of nitrogens with one attached hydrogen (secondary N) is 1. The van der Waals surface area contributed by atoms with Crippen LogP contribution in [0.2, 0.25) is 0 Å². The molecule has 1 N–H and O–H groups in total. The Morgan fingerprint density at radius 1 is 1.10 bits per heavy atom. The number of rotatable bonds is 9. The van der Waals surface area contributed by atoms with Crippen LogP contribution in [0.5, 0.6) is 11.5 Å². The number of methoxy groups -OCH3 is 1. The predicted molar refractivity (Wildman–Crippen MR) is 96.0 cm³/mol. The first-order valence-corrected chi connectivity index (χ1v) is 8.21. The standard InChI is InChI=1S/C18H17F3N2O6/c1-27-8-9-28-16-7-2-12(18(19,20)21)10-15(16)22-17(24)11-29-14-5-3-13(4-6-14)23(25)26/h2-7,10H,8-9,11H2,1H3,(H,22,24). The summed E-state index contributed by atoms with van der Waals surface area (Å²) in [5, 5.41) is 12.9. The Labute approximate surface area is 163 Å². The van der Waals surface area contributed by atoms with Crippen molar-refractivity contribution in [3.05, 3.63) is 58.1 Å². The number of carbonyl (C=O) groups excluding carboxylic acids is 1. The van der Waals surface area contributed by atoms with Gasteiger partial charge in [0.1, 0.15) is 18.1 Å². The molecule has 156 valence electrons. The molecule has 0 fully saturated rings. The van der Waals surface area contributed by atoms with Crippen molar-refractivity contribution < 1.29 is 37.1 Å². The fourth-order valence-electron chi connectivity index (χ4n) is 2.16. The number of non-ortho nitro benzene ring substituents is 1. The second-order valence-electron chi connectivity index (χ2n) is 5.64. The van der Waals surface area contributed by atoms with Crippen LogP contribution in [0.25, 0.3) is 0 Å². The highest BCUT2D eigenvalue weighted by molar-refractivity contribution is 5.93. The molecule has 0 heterocycles. The number of benzene rings is 2. The number of alkyl halides is 3.